The van der Waals surface area contributed by atoms with Gasteiger partial charge in [-0.1, -0.05) is 23.5 Å². The number of aromatic nitrogens is 2. The van der Waals surface area contributed by atoms with Crippen LogP contribution >= 0.6 is 23.6 Å². The minimum atomic E-state index is 0.236. The van der Waals surface area contributed by atoms with Gasteiger partial charge < -0.3 is 14.8 Å². The van der Waals surface area contributed by atoms with Crippen molar-refractivity contribution in [3.63, 3.8) is 0 Å². The first-order valence-corrected chi connectivity index (χ1v) is 9.13. The van der Waals surface area contributed by atoms with Crippen LogP contribution in [-0.4, -0.2) is 47.1 Å². The number of hydrogen-bond acceptors (Lipinski definition) is 7. The maximum Gasteiger partial charge on any atom is 0.209 e. The number of rotatable bonds is 5. The first kappa shape index (κ1) is 17.3. The Balaban J connectivity index is 1.74. The summed E-state index contributed by atoms with van der Waals surface area (Å²) in [6, 6.07) is 8.12. The van der Waals surface area contributed by atoms with Crippen molar-refractivity contribution in [2.24, 2.45) is 0 Å². The largest absolute Gasteiger partial charge is 0.495 e. The van der Waals surface area contributed by atoms with Gasteiger partial charge in [0.05, 0.1) is 32.2 Å². The standard InChI is InChI=1S/C16H22N4O2S2/c1-11-9-22-12(2)8-19(11)10-20-16(23)24-15(18-20)17-13-6-4-5-7-14(13)21-3/h4-7,11-12H,8-10H2,1-3H3,(H,17,18). The molecule has 8 heteroatoms. The van der Waals surface area contributed by atoms with Gasteiger partial charge in [-0.25, -0.2) is 4.68 Å². The highest BCUT2D eigenvalue weighted by atomic mass is 32.1. The molecule has 0 bridgehead atoms. The van der Waals surface area contributed by atoms with E-state index in [0.717, 1.165) is 33.7 Å². The van der Waals surface area contributed by atoms with E-state index in [0.29, 0.717) is 12.7 Å². The normalized spacial score (nSPS) is 21.6. The molecule has 0 amide bonds. The van der Waals surface area contributed by atoms with Crippen LogP contribution in [0.3, 0.4) is 0 Å². The van der Waals surface area contributed by atoms with Gasteiger partial charge in [-0.2, -0.15) is 0 Å². The van der Waals surface area contributed by atoms with E-state index < -0.39 is 0 Å². The van der Waals surface area contributed by atoms with Crippen molar-refractivity contribution in [2.45, 2.75) is 32.7 Å². The van der Waals surface area contributed by atoms with Crippen LogP contribution in [0.5, 0.6) is 5.75 Å². The van der Waals surface area contributed by atoms with Crippen LogP contribution in [0.25, 0.3) is 0 Å². The monoisotopic (exact) mass is 366 g/mol. The maximum absolute atomic E-state index is 5.68. The third kappa shape index (κ3) is 3.94. The first-order chi connectivity index (χ1) is 11.6. The highest BCUT2D eigenvalue weighted by Gasteiger charge is 2.24. The van der Waals surface area contributed by atoms with E-state index in [1.807, 2.05) is 28.9 Å². The number of nitrogens with zero attached hydrogens (tertiary/aromatic N) is 3. The lowest BCUT2D eigenvalue weighted by Gasteiger charge is -2.36. The molecule has 1 aromatic carbocycles. The molecule has 2 atom stereocenters. The molecule has 2 unspecified atom stereocenters. The van der Waals surface area contributed by atoms with E-state index in [9.17, 15) is 0 Å². The molecule has 130 valence electrons. The zero-order chi connectivity index (χ0) is 17.1. The number of ether oxygens (including phenoxy) is 2. The quantitative estimate of drug-likeness (QED) is 0.818. The summed E-state index contributed by atoms with van der Waals surface area (Å²) >= 11 is 6.94. The Morgan fingerprint density at radius 3 is 3.00 bits per heavy atom. The van der Waals surface area contributed by atoms with Crippen LogP contribution < -0.4 is 10.1 Å². The van der Waals surface area contributed by atoms with Crippen molar-refractivity contribution in [3.05, 3.63) is 28.2 Å². The van der Waals surface area contributed by atoms with Crippen LogP contribution in [0.4, 0.5) is 10.8 Å². The fraction of sp³-hybridized carbons (Fsp3) is 0.500. The van der Waals surface area contributed by atoms with Gasteiger partial charge >= 0.3 is 0 Å². The molecular weight excluding hydrogens is 344 g/mol. The SMILES string of the molecule is COc1ccccc1Nc1nn(CN2CC(C)OCC2C)c(=S)s1. The van der Waals surface area contributed by atoms with Gasteiger partial charge in [-0.15, -0.1) is 5.10 Å². The molecular formula is C16H22N4O2S2. The number of para-hydroxylation sites is 2. The zero-order valence-electron chi connectivity index (χ0n) is 14.1. The van der Waals surface area contributed by atoms with Crippen molar-refractivity contribution in [1.82, 2.24) is 14.7 Å². The first-order valence-electron chi connectivity index (χ1n) is 7.90. The number of methoxy groups -OCH3 is 1. The van der Waals surface area contributed by atoms with Crippen LogP contribution in [0.2, 0.25) is 0 Å². The Bertz CT molecular complexity index is 746. The van der Waals surface area contributed by atoms with Gasteiger partial charge in [-0.3, -0.25) is 4.90 Å². The Morgan fingerprint density at radius 1 is 1.42 bits per heavy atom. The topological polar surface area (TPSA) is 51.5 Å². The summed E-state index contributed by atoms with van der Waals surface area (Å²) in [6.07, 6.45) is 0.236. The van der Waals surface area contributed by atoms with E-state index in [2.05, 4.69) is 29.2 Å². The fourth-order valence-corrected chi connectivity index (χ4v) is 3.66. The summed E-state index contributed by atoms with van der Waals surface area (Å²) in [5.41, 5.74) is 0.879. The van der Waals surface area contributed by atoms with Crippen LogP contribution in [0.1, 0.15) is 13.8 Å². The van der Waals surface area contributed by atoms with Crippen LogP contribution in [-0.2, 0) is 11.4 Å². The average molecular weight is 367 g/mol. The zero-order valence-corrected chi connectivity index (χ0v) is 15.7. The van der Waals surface area contributed by atoms with E-state index in [4.69, 9.17) is 21.7 Å². The highest BCUT2D eigenvalue weighted by molar-refractivity contribution is 7.73. The number of benzene rings is 1. The summed E-state index contributed by atoms with van der Waals surface area (Å²) in [4.78, 5) is 2.34. The third-order valence-corrected chi connectivity index (χ3v) is 5.23. The second-order valence-corrected chi connectivity index (χ2v) is 7.53. The molecule has 0 spiro atoms. The van der Waals surface area contributed by atoms with Crippen molar-refractivity contribution in [3.8, 4) is 5.75 Å². The molecule has 1 fully saturated rings. The minimum absolute atomic E-state index is 0.236. The molecule has 0 radical (unpaired) electrons. The number of hydrogen-bond donors (Lipinski definition) is 1. The molecule has 1 aliphatic rings. The molecule has 3 rings (SSSR count). The van der Waals surface area contributed by atoms with E-state index in [1.54, 1.807) is 7.11 Å². The second kappa shape index (κ2) is 7.60. The summed E-state index contributed by atoms with van der Waals surface area (Å²) < 4.78 is 13.7. The molecule has 2 aromatic rings. The lowest BCUT2D eigenvalue weighted by molar-refractivity contribution is -0.0623. The Morgan fingerprint density at radius 2 is 2.21 bits per heavy atom. The third-order valence-electron chi connectivity index (χ3n) is 4.01. The maximum atomic E-state index is 5.68. The predicted molar refractivity (Wildman–Crippen MR) is 98.8 cm³/mol. The molecule has 0 saturated carbocycles. The van der Waals surface area contributed by atoms with E-state index >= 15 is 0 Å². The van der Waals surface area contributed by atoms with Gasteiger partial charge in [0, 0.05) is 12.6 Å². The van der Waals surface area contributed by atoms with Crippen LogP contribution in [0, 0.1) is 3.95 Å². The molecule has 1 saturated heterocycles. The highest BCUT2D eigenvalue weighted by Crippen LogP contribution is 2.28. The van der Waals surface area contributed by atoms with E-state index in [-0.39, 0.29) is 6.10 Å². The molecule has 1 aromatic heterocycles. The fourth-order valence-electron chi connectivity index (χ4n) is 2.65. The van der Waals surface area contributed by atoms with Crippen LogP contribution in [0.15, 0.2) is 24.3 Å². The minimum Gasteiger partial charge on any atom is -0.495 e. The lowest BCUT2D eigenvalue weighted by Crippen LogP contribution is -2.47. The number of morpholine rings is 1. The number of nitrogens with one attached hydrogen (secondary N) is 1. The summed E-state index contributed by atoms with van der Waals surface area (Å²) in [5.74, 6) is 0.779. The Labute approximate surface area is 151 Å². The van der Waals surface area contributed by atoms with E-state index in [1.165, 1.54) is 11.3 Å². The second-order valence-electron chi connectivity index (χ2n) is 5.90. The van der Waals surface area contributed by atoms with Crippen molar-refractivity contribution in [1.29, 1.82) is 0 Å². The van der Waals surface area contributed by atoms with Gasteiger partial charge in [0.25, 0.3) is 0 Å². The molecule has 1 aliphatic heterocycles. The lowest BCUT2D eigenvalue weighted by atomic mass is 10.2. The molecule has 6 nitrogen and oxygen atoms in total. The molecule has 24 heavy (non-hydrogen) atoms. The summed E-state index contributed by atoms with van der Waals surface area (Å²) in [6.45, 7) is 6.56. The molecule has 2 heterocycles. The van der Waals surface area contributed by atoms with Gasteiger partial charge in [-0.05, 0) is 38.2 Å². The number of anilines is 2. The smallest absolute Gasteiger partial charge is 0.209 e. The van der Waals surface area contributed by atoms with Crippen molar-refractivity contribution >= 4 is 34.4 Å². The summed E-state index contributed by atoms with van der Waals surface area (Å²) in [5, 5.41) is 8.67. The predicted octanol–water partition coefficient (Wildman–Crippen LogP) is 3.49. The summed E-state index contributed by atoms with van der Waals surface area (Å²) in [7, 11) is 1.65. The Kier molecular flexibility index (Phi) is 5.50. The Hall–Kier alpha value is -1.48. The van der Waals surface area contributed by atoms with Gasteiger partial charge in [0.1, 0.15) is 5.75 Å². The van der Waals surface area contributed by atoms with Gasteiger partial charge in [0.15, 0.2) is 3.95 Å². The van der Waals surface area contributed by atoms with Gasteiger partial charge in [0.2, 0.25) is 5.13 Å². The molecule has 0 aliphatic carbocycles. The van der Waals surface area contributed by atoms with Crippen molar-refractivity contribution < 1.29 is 9.47 Å². The average Bonchev–Trinajstić information content (AvgIpc) is 2.91. The molecule has 1 N–H and O–H groups in total. The van der Waals surface area contributed by atoms with Crippen molar-refractivity contribution in [2.75, 3.05) is 25.6 Å².